The minimum absolute atomic E-state index is 0.215. The standard InChI is InChI=1S/C22H36NOP/c1-5-7-10-16-22-20(13-8-6-2)18-23(17-19(3)4)25(22,24)21-14-11-9-12-15-21/h9,11-12,14-15,18-19,22H,5-8,10,13,16-17H2,1-4H3. The second-order valence-electron chi connectivity index (χ2n) is 7.79. The molecule has 0 radical (unpaired) electrons. The van der Waals surface area contributed by atoms with E-state index in [0.29, 0.717) is 5.92 Å². The van der Waals surface area contributed by atoms with Crippen LogP contribution in [0.15, 0.2) is 42.1 Å². The van der Waals surface area contributed by atoms with Crippen LogP contribution >= 0.6 is 7.29 Å². The quantitative estimate of drug-likeness (QED) is 0.346. The van der Waals surface area contributed by atoms with E-state index in [9.17, 15) is 4.57 Å². The summed E-state index contributed by atoms with van der Waals surface area (Å²) < 4.78 is 16.7. The molecular weight excluding hydrogens is 325 g/mol. The lowest BCUT2D eigenvalue weighted by Crippen LogP contribution is -2.27. The third-order valence-corrected chi connectivity index (χ3v) is 8.64. The van der Waals surface area contributed by atoms with Gasteiger partial charge in [-0.25, -0.2) is 0 Å². The molecule has 0 bridgehead atoms. The molecule has 1 heterocycles. The fraction of sp³-hybridized carbons (Fsp3) is 0.636. The minimum Gasteiger partial charge on any atom is -0.325 e. The molecule has 0 saturated carbocycles. The first-order valence-corrected chi connectivity index (χ1v) is 11.9. The van der Waals surface area contributed by atoms with E-state index >= 15 is 0 Å². The summed E-state index contributed by atoms with van der Waals surface area (Å²) in [4.78, 5) is 0. The van der Waals surface area contributed by atoms with Crippen LogP contribution in [0.25, 0.3) is 0 Å². The Labute approximate surface area is 155 Å². The normalized spacial score (nSPS) is 23.3. The van der Waals surface area contributed by atoms with Crippen LogP contribution in [0.1, 0.15) is 72.6 Å². The predicted octanol–water partition coefficient (Wildman–Crippen LogP) is 6.58. The van der Waals surface area contributed by atoms with Gasteiger partial charge in [0.05, 0.1) is 5.66 Å². The number of unbranched alkanes of at least 4 members (excludes halogenated alkanes) is 3. The van der Waals surface area contributed by atoms with Crippen molar-refractivity contribution in [2.24, 2.45) is 5.92 Å². The molecule has 0 aromatic heterocycles. The van der Waals surface area contributed by atoms with Gasteiger partial charge < -0.3 is 4.67 Å². The molecule has 2 rings (SSSR count). The van der Waals surface area contributed by atoms with Crippen molar-refractivity contribution in [3.05, 3.63) is 42.1 Å². The Morgan fingerprint density at radius 3 is 2.32 bits per heavy atom. The van der Waals surface area contributed by atoms with Crippen molar-refractivity contribution >= 4 is 12.6 Å². The molecule has 3 heteroatoms. The number of hydrogen-bond donors (Lipinski definition) is 0. The fourth-order valence-electron chi connectivity index (χ4n) is 3.85. The van der Waals surface area contributed by atoms with Gasteiger partial charge in [0, 0.05) is 18.0 Å². The Bertz CT molecular complexity index is 593. The molecule has 0 aliphatic carbocycles. The average Bonchev–Trinajstić information content (AvgIpc) is 2.86. The van der Waals surface area contributed by atoms with Crippen LogP contribution in [0.4, 0.5) is 0 Å². The summed E-state index contributed by atoms with van der Waals surface area (Å²) in [5, 5.41) is 1.04. The van der Waals surface area contributed by atoms with Gasteiger partial charge in [0.25, 0.3) is 0 Å². The first kappa shape index (κ1) is 20.3. The zero-order valence-electron chi connectivity index (χ0n) is 16.6. The molecular formula is C22H36NOP. The van der Waals surface area contributed by atoms with Gasteiger partial charge in [-0.2, -0.15) is 0 Å². The number of nitrogens with zero attached hydrogens (tertiary/aromatic N) is 1. The van der Waals surface area contributed by atoms with Gasteiger partial charge in [0.1, 0.15) is 0 Å². The van der Waals surface area contributed by atoms with Gasteiger partial charge in [-0.15, -0.1) is 0 Å². The molecule has 2 unspecified atom stereocenters. The summed E-state index contributed by atoms with van der Waals surface area (Å²) in [6.45, 7) is 9.80. The summed E-state index contributed by atoms with van der Waals surface area (Å²) >= 11 is 0. The van der Waals surface area contributed by atoms with Gasteiger partial charge in [0.2, 0.25) is 7.29 Å². The topological polar surface area (TPSA) is 20.3 Å². The lowest BCUT2D eigenvalue weighted by atomic mass is 10.0. The maximum atomic E-state index is 14.5. The Morgan fingerprint density at radius 2 is 1.72 bits per heavy atom. The highest BCUT2D eigenvalue weighted by Crippen LogP contribution is 2.62. The largest absolute Gasteiger partial charge is 0.325 e. The van der Waals surface area contributed by atoms with Gasteiger partial charge in [0.15, 0.2) is 0 Å². The van der Waals surface area contributed by atoms with E-state index in [1.54, 1.807) is 0 Å². The third kappa shape index (κ3) is 4.79. The van der Waals surface area contributed by atoms with Crippen molar-refractivity contribution < 1.29 is 4.57 Å². The van der Waals surface area contributed by atoms with Gasteiger partial charge in [-0.1, -0.05) is 71.6 Å². The summed E-state index contributed by atoms with van der Waals surface area (Å²) in [7, 11) is -2.59. The second kappa shape index (κ2) is 9.62. The summed E-state index contributed by atoms with van der Waals surface area (Å²) in [5.41, 5.74) is 1.65. The first-order chi connectivity index (χ1) is 12.0. The van der Waals surface area contributed by atoms with E-state index in [2.05, 4.69) is 50.7 Å². The van der Waals surface area contributed by atoms with Crippen LogP contribution in [0, 0.1) is 5.92 Å². The van der Waals surface area contributed by atoms with Gasteiger partial charge >= 0.3 is 0 Å². The van der Waals surface area contributed by atoms with Crippen LogP contribution in [0.2, 0.25) is 0 Å². The molecule has 0 fully saturated rings. The van der Waals surface area contributed by atoms with E-state index < -0.39 is 7.29 Å². The molecule has 0 saturated heterocycles. The van der Waals surface area contributed by atoms with Crippen molar-refractivity contribution in [3.63, 3.8) is 0 Å². The number of hydrogen-bond acceptors (Lipinski definition) is 1. The molecule has 2 nitrogen and oxygen atoms in total. The highest BCUT2D eigenvalue weighted by atomic mass is 31.2. The molecule has 0 N–H and O–H groups in total. The van der Waals surface area contributed by atoms with Crippen molar-refractivity contribution in [1.82, 2.24) is 4.67 Å². The maximum absolute atomic E-state index is 14.5. The van der Waals surface area contributed by atoms with E-state index in [0.717, 1.165) is 24.7 Å². The molecule has 1 aromatic rings. The van der Waals surface area contributed by atoms with Gasteiger partial charge in [-0.3, -0.25) is 4.57 Å². The minimum atomic E-state index is -2.59. The lowest BCUT2D eigenvalue weighted by molar-refractivity contribution is 0.452. The Kier molecular flexibility index (Phi) is 7.81. The second-order valence-corrected chi connectivity index (χ2v) is 10.7. The molecule has 1 aromatic carbocycles. The molecule has 1 aliphatic rings. The predicted molar refractivity (Wildman–Crippen MR) is 111 cm³/mol. The van der Waals surface area contributed by atoms with E-state index in [1.165, 1.54) is 37.7 Å². The van der Waals surface area contributed by atoms with Crippen LogP contribution in [-0.4, -0.2) is 16.9 Å². The SMILES string of the molecule is CCCCCC1C(CCCC)=CN(CC(C)C)P1(=O)c1ccccc1. The number of rotatable bonds is 10. The average molecular weight is 362 g/mol. The smallest absolute Gasteiger partial charge is 0.207 e. The molecule has 140 valence electrons. The zero-order chi connectivity index (χ0) is 18.3. The Morgan fingerprint density at radius 1 is 1.04 bits per heavy atom. The van der Waals surface area contributed by atoms with Crippen LogP contribution < -0.4 is 5.30 Å². The zero-order valence-corrected chi connectivity index (χ0v) is 17.5. The van der Waals surface area contributed by atoms with Crippen LogP contribution in [0.5, 0.6) is 0 Å². The van der Waals surface area contributed by atoms with Crippen LogP contribution in [-0.2, 0) is 4.57 Å². The molecule has 2 atom stereocenters. The monoisotopic (exact) mass is 361 g/mol. The molecule has 25 heavy (non-hydrogen) atoms. The van der Waals surface area contributed by atoms with Crippen molar-refractivity contribution in [2.45, 2.75) is 78.3 Å². The van der Waals surface area contributed by atoms with Crippen molar-refractivity contribution in [2.75, 3.05) is 6.54 Å². The van der Waals surface area contributed by atoms with Crippen molar-refractivity contribution in [3.8, 4) is 0 Å². The van der Waals surface area contributed by atoms with E-state index in [1.807, 2.05) is 18.2 Å². The highest BCUT2D eigenvalue weighted by molar-refractivity contribution is 7.70. The highest BCUT2D eigenvalue weighted by Gasteiger charge is 2.45. The lowest BCUT2D eigenvalue weighted by Gasteiger charge is -2.32. The molecule has 1 aliphatic heterocycles. The Hall–Kier alpha value is -1.01. The van der Waals surface area contributed by atoms with Crippen molar-refractivity contribution in [1.29, 1.82) is 0 Å². The van der Waals surface area contributed by atoms with E-state index in [-0.39, 0.29) is 5.66 Å². The number of benzene rings is 1. The van der Waals surface area contributed by atoms with Crippen LogP contribution in [0.3, 0.4) is 0 Å². The molecule has 0 spiro atoms. The third-order valence-electron chi connectivity index (χ3n) is 5.13. The Balaban J connectivity index is 2.39. The first-order valence-electron chi connectivity index (χ1n) is 10.2. The van der Waals surface area contributed by atoms with Gasteiger partial charge in [-0.05, 0) is 42.9 Å². The summed E-state index contributed by atoms with van der Waals surface area (Å²) in [6.07, 6.45) is 10.4. The number of allylic oxidation sites excluding steroid dienone is 1. The fourth-order valence-corrected chi connectivity index (χ4v) is 7.53. The molecule has 0 amide bonds. The summed E-state index contributed by atoms with van der Waals surface area (Å²) in [6, 6.07) is 10.3. The van der Waals surface area contributed by atoms with E-state index in [4.69, 9.17) is 0 Å². The maximum Gasteiger partial charge on any atom is 0.207 e. The summed E-state index contributed by atoms with van der Waals surface area (Å²) in [5.74, 6) is 0.509.